The first kappa shape index (κ1) is 12.7. The molecule has 0 aliphatic rings. The van der Waals surface area contributed by atoms with Gasteiger partial charge in [-0.15, -0.1) is 0 Å². The number of aryl methyl sites for hydroxylation is 2. The fraction of sp³-hybridized carbons (Fsp3) is 0.462. The van der Waals surface area contributed by atoms with Crippen molar-refractivity contribution in [2.75, 3.05) is 6.54 Å². The van der Waals surface area contributed by atoms with Gasteiger partial charge in [-0.2, -0.15) is 5.10 Å². The lowest BCUT2D eigenvalue weighted by atomic mass is 10.2. The highest BCUT2D eigenvalue weighted by Gasteiger charge is 2.05. The van der Waals surface area contributed by atoms with Gasteiger partial charge in [-0.1, -0.05) is 6.92 Å². The summed E-state index contributed by atoms with van der Waals surface area (Å²) in [5.41, 5.74) is 3.10. The molecule has 0 amide bonds. The molecular formula is C13H19N5. The Bertz CT molecular complexity index is 518. The second kappa shape index (κ2) is 5.73. The average Bonchev–Trinajstić information content (AvgIpc) is 2.78. The van der Waals surface area contributed by atoms with Gasteiger partial charge < -0.3 is 5.32 Å². The molecule has 0 bridgehead atoms. The minimum absolute atomic E-state index is 0.625. The monoisotopic (exact) mass is 245 g/mol. The van der Waals surface area contributed by atoms with Crippen molar-refractivity contribution in [3.05, 3.63) is 35.4 Å². The highest BCUT2D eigenvalue weighted by molar-refractivity contribution is 5.21. The van der Waals surface area contributed by atoms with Crippen LogP contribution in [0.3, 0.4) is 0 Å². The first-order valence-corrected chi connectivity index (χ1v) is 6.26. The van der Waals surface area contributed by atoms with Gasteiger partial charge >= 0.3 is 0 Å². The maximum atomic E-state index is 4.48. The predicted octanol–water partition coefficient (Wildman–Crippen LogP) is 1.78. The lowest BCUT2D eigenvalue weighted by Gasteiger charge is -2.07. The molecule has 0 aromatic carbocycles. The van der Waals surface area contributed by atoms with Crippen molar-refractivity contribution in [3.63, 3.8) is 0 Å². The molecule has 2 aromatic heterocycles. The van der Waals surface area contributed by atoms with E-state index in [1.807, 2.05) is 32.3 Å². The summed E-state index contributed by atoms with van der Waals surface area (Å²) in [5.74, 6) is 0.625. The molecule has 0 unspecified atom stereocenters. The third kappa shape index (κ3) is 2.92. The molecule has 2 aromatic rings. The minimum atomic E-state index is 0.625. The van der Waals surface area contributed by atoms with E-state index in [0.717, 1.165) is 36.5 Å². The third-order valence-electron chi connectivity index (χ3n) is 2.74. The van der Waals surface area contributed by atoms with Gasteiger partial charge in [0, 0.05) is 30.2 Å². The van der Waals surface area contributed by atoms with E-state index in [1.165, 1.54) is 0 Å². The highest BCUT2D eigenvalue weighted by atomic mass is 15.3. The lowest BCUT2D eigenvalue weighted by Crippen LogP contribution is -2.16. The van der Waals surface area contributed by atoms with Crippen LogP contribution in [0, 0.1) is 13.8 Å². The van der Waals surface area contributed by atoms with Crippen molar-refractivity contribution in [1.82, 2.24) is 25.1 Å². The van der Waals surface area contributed by atoms with Crippen LogP contribution in [0.4, 0.5) is 0 Å². The van der Waals surface area contributed by atoms with E-state index in [9.17, 15) is 0 Å². The van der Waals surface area contributed by atoms with Crippen LogP contribution in [-0.4, -0.2) is 26.3 Å². The van der Waals surface area contributed by atoms with E-state index in [0.29, 0.717) is 5.95 Å². The zero-order valence-electron chi connectivity index (χ0n) is 11.1. The Hall–Kier alpha value is -1.75. The summed E-state index contributed by atoms with van der Waals surface area (Å²) >= 11 is 0. The van der Waals surface area contributed by atoms with Crippen LogP contribution < -0.4 is 5.32 Å². The number of aromatic nitrogens is 4. The van der Waals surface area contributed by atoms with Crippen molar-refractivity contribution in [3.8, 4) is 5.95 Å². The molecule has 2 rings (SSSR count). The van der Waals surface area contributed by atoms with Crippen LogP contribution >= 0.6 is 0 Å². The Morgan fingerprint density at radius 3 is 2.78 bits per heavy atom. The summed E-state index contributed by atoms with van der Waals surface area (Å²) in [4.78, 5) is 8.84. The largest absolute Gasteiger partial charge is 0.313 e. The Balaban J connectivity index is 2.14. The van der Waals surface area contributed by atoms with Crippen molar-refractivity contribution in [1.29, 1.82) is 0 Å². The summed E-state index contributed by atoms with van der Waals surface area (Å²) < 4.78 is 1.70. The topological polar surface area (TPSA) is 55.6 Å². The van der Waals surface area contributed by atoms with Gasteiger partial charge in [-0.3, -0.25) is 0 Å². The fourth-order valence-corrected chi connectivity index (χ4v) is 1.69. The summed E-state index contributed by atoms with van der Waals surface area (Å²) in [5, 5.41) is 7.66. The van der Waals surface area contributed by atoms with Crippen LogP contribution in [0.1, 0.15) is 30.3 Å². The van der Waals surface area contributed by atoms with E-state index in [1.54, 1.807) is 4.68 Å². The molecule has 18 heavy (non-hydrogen) atoms. The van der Waals surface area contributed by atoms with E-state index in [-0.39, 0.29) is 0 Å². The Morgan fingerprint density at radius 1 is 1.33 bits per heavy atom. The molecule has 0 spiro atoms. The number of rotatable bonds is 5. The Morgan fingerprint density at radius 2 is 2.17 bits per heavy atom. The zero-order valence-corrected chi connectivity index (χ0v) is 11.1. The molecule has 0 saturated heterocycles. The van der Waals surface area contributed by atoms with Gasteiger partial charge in [0.05, 0.1) is 5.69 Å². The second-order valence-electron chi connectivity index (χ2n) is 4.36. The lowest BCUT2D eigenvalue weighted by molar-refractivity contribution is 0.665. The Labute approximate surface area is 107 Å². The molecule has 5 heteroatoms. The van der Waals surface area contributed by atoms with E-state index >= 15 is 0 Å². The maximum absolute atomic E-state index is 4.48. The molecule has 0 atom stereocenters. The predicted molar refractivity (Wildman–Crippen MR) is 70.6 cm³/mol. The first-order valence-electron chi connectivity index (χ1n) is 6.26. The zero-order chi connectivity index (χ0) is 13.0. The maximum Gasteiger partial charge on any atom is 0.250 e. The third-order valence-corrected chi connectivity index (χ3v) is 2.74. The van der Waals surface area contributed by atoms with Crippen LogP contribution in [0.15, 0.2) is 18.5 Å². The highest BCUT2D eigenvalue weighted by Crippen LogP contribution is 2.07. The van der Waals surface area contributed by atoms with E-state index in [2.05, 4.69) is 27.3 Å². The van der Waals surface area contributed by atoms with Crippen LogP contribution in [-0.2, 0) is 6.54 Å². The fourth-order valence-electron chi connectivity index (χ4n) is 1.69. The SMILES string of the molecule is CCCNCc1cnc(-n2ccc(C)n2)nc1C. The van der Waals surface area contributed by atoms with Crippen molar-refractivity contribution in [2.45, 2.75) is 33.7 Å². The molecule has 0 fully saturated rings. The number of hydrogen-bond acceptors (Lipinski definition) is 4. The normalized spacial score (nSPS) is 10.8. The molecule has 0 radical (unpaired) electrons. The molecule has 1 N–H and O–H groups in total. The number of hydrogen-bond donors (Lipinski definition) is 1. The molecule has 0 saturated carbocycles. The van der Waals surface area contributed by atoms with Crippen molar-refractivity contribution >= 4 is 0 Å². The second-order valence-corrected chi connectivity index (χ2v) is 4.36. The van der Waals surface area contributed by atoms with Crippen LogP contribution in [0.25, 0.3) is 5.95 Å². The van der Waals surface area contributed by atoms with Crippen LogP contribution in [0.2, 0.25) is 0 Å². The smallest absolute Gasteiger partial charge is 0.250 e. The van der Waals surface area contributed by atoms with Crippen LogP contribution in [0.5, 0.6) is 0 Å². The van der Waals surface area contributed by atoms with Gasteiger partial charge in [0.15, 0.2) is 0 Å². The average molecular weight is 245 g/mol. The van der Waals surface area contributed by atoms with Gasteiger partial charge in [0.2, 0.25) is 0 Å². The van der Waals surface area contributed by atoms with E-state index < -0.39 is 0 Å². The van der Waals surface area contributed by atoms with Gasteiger partial charge in [0.25, 0.3) is 5.95 Å². The molecule has 0 aliphatic carbocycles. The molecule has 2 heterocycles. The van der Waals surface area contributed by atoms with Crippen molar-refractivity contribution < 1.29 is 0 Å². The molecule has 0 aliphatic heterocycles. The first-order chi connectivity index (χ1) is 8.70. The molecule has 96 valence electrons. The van der Waals surface area contributed by atoms with Gasteiger partial charge in [-0.25, -0.2) is 14.6 Å². The summed E-state index contributed by atoms with van der Waals surface area (Å²) in [6.45, 7) is 7.94. The van der Waals surface area contributed by atoms with Gasteiger partial charge in [0.1, 0.15) is 0 Å². The van der Waals surface area contributed by atoms with E-state index in [4.69, 9.17) is 0 Å². The molecular weight excluding hydrogens is 226 g/mol. The number of nitrogens with zero attached hydrogens (tertiary/aromatic N) is 4. The van der Waals surface area contributed by atoms with Gasteiger partial charge in [-0.05, 0) is 32.9 Å². The number of nitrogens with one attached hydrogen (secondary N) is 1. The van der Waals surface area contributed by atoms with Crippen molar-refractivity contribution in [2.24, 2.45) is 0 Å². The Kier molecular flexibility index (Phi) is 4.04. The summed E-state index contributed by atoms with van der Waals surface area (Å²) in [6.07, 6.45) is 4.88. The standard InChI is InChI=1S/C13H19N5/c1-4-6-14-8-12-9-15-13(16-11(12)3)18-7-5-10(2)17-18/h5,7,9,14H,4,6,8H2,1-3H3. The quantitative estimate of drug-likeness (QED) is 0.816. The summed E-state index contributed by atoms with van der Waals surface area (Å²) in [6, 6.07) is 1.94. The molecule has 5 nitrogen and oxygen atoms in total. The summed E-state index contributed by atoms with van der Waals surface area (Å²) in [7, 11) is 0. The minimum Gasteiger partial charge on any atom is -0.313 e.